The molecule has 0 aliphatic carbocycles. The normalized spacial score (nSPS) is 12.3. The van der Waals surface area contributed by atoms with E-state index in [1.54, 1.807) is 0 Å². The molecule has 1 atom stereocenters. The molecule has 3 N–H and O–H groups in total. The van der Waals surface area contributed by atoms with Gasteiger partial charge in [0.15, 0.2) is 0 Å². The molecule has 0 saturated carbocycles. The zero-order chi connectivity index (χ0) is 12.8. The molecule has 2 aromatic rings. The van der Waals surface area contributed by atoms with E-state index in [1.807, 2.05) is 36.4 Å². The third-order valence-electron chi connectivity index (χ3n) is 2.88. The number of benzene rings is 2. The summed E-state index contributed by atoms with van der Waals surface area (Å²) in [6, 6.07) is 18.3. The molecule has 0 fully saturated rings. The fraction of sp³-hybridized carbons (Fsp3) is 0.200. The number of halogens is 1. The minimum absolute atomic E-state index is 0.171. The maximum absolute atomic E-state index is 5.96. The van der Waals surface area contributed by atoms with Crippen LogP contribution in [-0.4, -0.2) is 6.54 Å². The van der Waals surface area contributed by atoms with E-state index < -0.39 is 0 Å². The SMILES string of the molecule is NC[C@@H](NCc1cccc(Cl)c1)c1ccccc1. The number of hydrogen-bond acceptors (Lipinski definition) is 2. The van der Waals surface area contributed by atoms with Crippen molar-refractivity contribution in [1.29, 1.82) is 0 Å². The molecule has 0 saturated heterocycles. The van der Waals surface area contributed by atoms with Crippen LogP contribution >= 0.6 is 11.6 Å². The van der Waals surface area contributed by atoms with Crippen molar-refractivity contribution in [3.05, 3.63) is 70.7 Å². The van der Waals surface area contributed by atoms with Gasteiger partial charge in [0, 0.05) is 24.2 Å². The summed E-state index contributed by atoms with van der Waals surface area (Å²) in [5.74, 6) is 0. The van der Waals surface area contributed by atoms with Crippen LogP contribution in [0.3, 0.4) is 0 Å². The molecule has 0 aliphatic heterocycles. The van der Waals surface area contributed by atoms with Gasteiger partial charge < -0.3 is 11.1 Å². The lowest BCUT2D eigenvalue weighted by Gasteiger charge is -2.17. The highest BCUT2D eigenvalue weighted by Gasteiger charge is 2.07. The third kappa shape index (κ3) is 3.57. The average Bonchev–Trinajstić information content (AvgIpc) is 2.41. The van der Waals surface area contributed by atoms with Gasteiger partial charge in [0.2, 0.25) is 0 Å². The topological polar surface area (TPSA) is 38.0 Å². The van der Waals surface area contributed by atoms with E-state index in [0.29, 0.717) is 6.54 Å². The Hall–Kier alpha value is -1.35. The van der Waals surface area contributed by atoms with Crippen LogP contribution < -0.4 is 11.1 Å². The Kier molecular flexibility index (Phi) is 4.76. The first-order valence-electron chi connectivity index (χ1n) is 6.02. The quantitative estimate of drug-likeness (QED) is 0.867. The summed E-state index contributed by atoms with van der Waals surface area (Å²) in [6.07, 6.45) is 0. The van der Waals surface area contributed by atoms with E-state index in [-0.39, 0.29) is 6.04 Å². The second-order valence-corrected chi connectivity index (χ2v) is 4.65. The molecule has 2 aromatic carbocycles. The molecule has 0 amide bonds. The lowest BCUT2D eigenvalue weighted by atomic mass is 10.1. The van der Waals surface area contributed by atoms with Crippen LogP contribution in [-0.2, 0) is 6.54 Å². The van der Waals surface area contributed by atoms with Crippen molar-refractivity contribution < 1.29 is 0 Å². The fourth-order valence-corrected chi connectivity index (χ4v) is 2.12. The Morgan fingerprint density at radius 3 is 2.50 bits per heavy atom. The van der Waals surface area contributed by atoms with Crippen LogP contribution in [0.4, 0.5) is 0 Å². The number of nitrogens with one attached hydrogen (secondary N) is 1. The second kappa shape index (κ2) is 6.55. The molecule has 2 nitrogen and oxygen atoms in total. The molecule has 0 spiro atoms. The first-order valence-corrected chi connectivity index (χ1v) is 6.40. The van der Waals surface area contributed by atoms with E-state index in [1.165, 1.54) is 5.56 Å². The van der Waals surface area contributed by atoms with Gasteiger partial charge in [0.05, 0.1) is 0 Å². The zero-order valence-corrected chi connectivity index (χ0v) is 10.9. The molecule has 0 unspecified atom stereocenters. The molecule has 0 heterocycles. The van der Waals surface area contributed by atoms with Gasteiger partial charge >= 0.3 is 0 Å². The van der Waals surface area contributed by atoms with Gasteiger partial charge in [-0.3, -0.25) is 0 Å². The van der Waals surface area contributed by atoms with Crippen LogP contribution in [0.1, 0.15) is 17.2 Å². The summed E-state index contributed by atoms with van der Waals surface area (Å²) in [5.41, 5.74) is 8.18. The van der Waals surface area contributed by atoms with E-state index in [9.17, 15) is 0 Å². The van der Waals surface area contributed by atoms with Crippen molar-refractivity contribution >= 4 is 11.6 Å². The van der Waals surface area contributed by atoms with Crippen LogP contribution in [0.5, 0.6) is 0 Å². The molecule has 94 valence electrons. The zero-order valence-electron chi connectivity index (χ0n) is 10.1. The lowest BCUT2D eigenvalue weighted by molar-refractivity contribution is 0.542. The van der Waals surface area contributed by atoms with Gasteiger partial charge in [-0.05, 0) is 23.3 Å². The number of hydrogen-bond donors (Lipinski definition) is 2. The highest BCUT2D eigenvalue weighted by molar-refractivity contribution is 6.30. The first-order chi connectivity index (χ1) is 8.79. The van der Waals surface area contributed by atoms with Crippen LogP contribution in [0.2, 0.25) is 5.02 Å². The summed E-state index contributed by atoms with van der Waals surface area (Å²) < 4.78 is 0. The standard InChI is InChI=1S/C15H17ClN2/c16-14-8-4-5-12(9-14)11-18-15(10-17)13-6-2-1-3-7-13/h1-9,15,18H,10-11,17H2/t15-/m1/s1. The van der Waals surface area contributed by atoms with Crippen molar-refractivity contribution in [2.75, 3.05) is 6.54 Å². The van der Waals surface area contributed by atoms with E-state index >= 15 is 0 Å². The van der Waals surface area contributed by atoms with Gasteiger partial charge in [0.1, 0.15) is 0 Å². The Morgan fingerprint density at radius 2 is 1.83 bits per heavy atom. The molecule has 0 aliphatic rings. The molecule has 3 heteroatoms. The Bertz CT molecular complexity index is 485. The van der Waals surface area contributed by atoms with Crippen molar-refractivity contribution in [3.8, 4) is 0 Å². The van der Waals surface area contributed by atoms with Gasteiger partial charge in [-0.25, -0.2) is 0 Å². The van der Waals surface area contributed by atoms with Crippen molar-refractivity contribution in [2.45, 2.75) is 12.6 Å². The largest absolute Gasteiger partial charge is 0.329 e. The van der Waals surface area contributed by atoms with Gasteiger partial charge in [-0.2, -0.15) is 0 Å². The summed E-state index contributed by atoms with van der Waals surface area (Å²) in [6.45, 7) is 1.34. The van der Waals surface area contributed by atoms with Crippen molar-refractivity contribution in [1.82, 2.24) is 5.32 Å². The first kappa shape index (κ1) is 13.1. The fourth-order valence-electron chi connectivity index (χ4n) is 1.91. The molecule has 0 aromatic heterocycles. The predicted molar refractivity (Wildman–Crippen MR) is 76.5 cm³/mol. The maximum Gasteiger partial charge on any atom is 0.0447 e. The van der Waals surface area contributed by atoms with Crippen molar-refractivity contribution in [3.63, 3.8) is 0 Å². The Labute approximate surface area is 113 Å². The Balaban J connectivity index is 2.00. The van der Waals surface area contributed by atoms with Gasteiger partial charge in [-0.15, -0.1) is 0 Å². The van der Waals surface area contributed by atoms with Gasteiger partial charge in [0.25, 0.3) is 0 Å². The van der Waals surface area contributed by atoms with Crippen LogP contribution in [0, 0.1) is 0 Å². The minimum atomic E-state index is 0.171. The third-order valence-corrected chi connectivity index (χ3v) is 3.11. The number of nitrogens with two attached hydrogens (primary N) is 1. The molecular formula is C15H17ClN2. The van der Waals surface area contributed by atoms with Crippen LogP contribution in [0.15, 0.2) is 54.6 Å². The summed E-state index contributed by atoms with van der Waals surface area (Å²) in [5, 5.41) is 4.21. The molecule has 0 bridgehead atoms. The van der Waals surface area contributed by atoms with Gasteiger partial charge in [-0.1, -0.05) is 54.1 Å². The van der Waals surface area contributed by atoms with Crippen molar-refractivity contribution in [2.24, 2.45) is 5.73 Å². The predicted octanol–water partition coefficient (Wildman–Crippen LogP) is 3.13. The summed E-state index contributed by atoms with van der Waals surface area (Å²) >= 11 is 5.96. The average molecular weight is 261 g/mol. The van der Waals surface area contributed by atoms with E-state index in [0.717, 1.165) is 17.1 Å². The molecular weight excluding hydrogens is 244 g/mol. The highest BCUT2D eigenvalue weighted by atomic mass is 35.5. The number of rotatable bonds is 5. The molecule has 0 radical (unpaired) electrons. The summed E-state index contributed by atoms with van der Waals surface area (Å²) in [4.78, 5) is 0. The molecule has 2 rings (SSSR count). The smallest absolute Gasteiger partial charge is 0.0447 e. The maximum atomic E-state index is 5.96. The monoisotopic (exact) mass is 260 g/mol. The summed E-state index contributed by atoms with van der Waals surface area (Å²) in [7, 11) is 0. The Morgan fingerprint density at radius 1 is 1.06 bits per heavy atom. The van der Waals surface area contributed by atoms with E-state index in [4.69, 9.17) is 17.3 Å². The minimum Gasteiger partial charge on any atom is -0.329 e. The molecule has 18 heavy (non-hydrogen) atoms. The van der Waals surface area contributed by atoms with E-state index in [2.05, 4.69) is 23.5 Å². The second-order valence-electron chi connectivity index (χ2n) is 4.21. The highest BCUT2D eigenvalue weighted by Crippen LogP contribution is 2.14. The lowest BCUT2D eigenvalue weighted by Crippen LogP contribution is -2.27. The van der Waals surface area contributed by atoms with Crippen LogP contribution in [0.25, 0.3) is 0 Å².